The topological polar surface area (TPSA) is 38.3 Å². The van der Waals surface area contributed by atoms with Crippen LogP contribution in [0.3, 0.4) is 0 Å². The number of hydrogen-bond acceptors (Lipinski definition) is 2. The van der Waals surface area contributed by atoms with E-state index < -0.39 is 5.60 Å². The summed E-state index contributed by atoms with van der Waals surface area (Å²) < 4.78 is 18.1. The van der Waals surface area contributed by atoms with Crippen LogP contribution in [-0.2, 0) is 9.53 Å². The van der Waals surface area contributed by atoms with E-state index in [9.17, 15) is 9.18 Å². The van der Waals surface area contributed by atoms with Crippen molar-refractivity contribution in [2.75, 3.05) is 7.11 Å². The van der Waals surface area contributed by atoms with Gasteiger partial charge in [-0.3, -0.25) is 4.79 Å². The monoisotopic (exact) mass is 239 g/mol. The molecule has 0 aromatic heterocycles. The maximum Gasteiger partial charge on any atom is 0.252 e. The number of carbonyl (C=O) groups is 1. The number of rotatable bonds is 4. The van der Waals surface area contributed by atoms with Gasteiger partial charge in [0.05, 0.1) is 6.04 Å². The van der Waals surface area contributed by atoms with E-state index in [1.807, 2.05) is 0 Å². The summed E-state index contributed by atoms with van der Waals surface area (Å²) in [5.41, 5.74) is -0.160. The molecule has 0 aliphatic heterocycles. The Morgan fingerprint density at radius 3 is 2.65 bits per heavy atom. The summed E-state index contributed by atoms with van der Waals surface area (Å²) >= 11 is 0. The number of ether oxygens (including phenoxy) is 1. The minimum absolute atomic E-state index is 0.225. The zero-order valence-corrected chi connectivity index (χ0v) is 10.6. The molecule has 0 unspecified atom stereocenters. The van der Waals surface area contributed by atoms with Gasteiger partial charge in [-0.1, -0.05) is 12.1 Å². The third-order valence-corrected chi connectivity index (χ3v) is 2.75. The van der Waals surface area contributed by atoms with E-state index in [0.29, 0.717) is 0 Å². The number of amides is 1. The van der Waals surface area contributed by atoms with Gasteiger partial charge in [0.1, 0.15) is 11.4 Å². The first-order valence-electron chi connectivity index (χ1n) is 5.48. The fourth-order valence-corrected chi connectivity index (χ4v) is 1.32. The number of carbonyl (C=O) groups excluding carboxylic acids is 1. The molecule has 0 saturated heterocycles. The quantitative estimate of drug-likeness (QED) is 0.876. The van der Waals surface area contributed by atoms with Crippen LogP contribution in [0.25, 0.3) is 0 Å². The maximum absolute atomic E-state index is 13.0. The lowest BCUT2D eigenvalue weighted by Gasteiger charge is -2.24. The smallest absolute Gasteiger partial charge is 0.252 e. The molecule has 0 fully saturated rings. The third-order valence-electron chi connectivity index (χ3n) is 2.75. The van der Waals surface area contributed by atoms with Crippen LogP contribution in [0, 0.1) is 5.82 Å². The minimum atomic E-state index is -0.887. The second-order valence-electron chi connectivity index (χ2n) is 4.46. The lowest BCUT2D eigenvalue weighted by atomic mass is 10.1. The third kappa shape index (κ3) is 3.53. The first-order chi connectivity index (χ1) is 7.86. The summed E-state index contributed by atoms with van der Waals surface area (Å²) in [7, 11) is 1.48. The average Bonchev–Trinajstić information content (AvgIpc) is 2.28. The Kier molecular flexibility index (Phi) is 4.23. The second-order valence-corrected chi connectivity index (χ2v) is 4.46. The lowest BCUT2D eigenvalue weighted by molar-refractivity contribution is -0.140. The van der Waals surface area contributed by atoms with Crippen LogP contribution in [0.4, 0.5) is 4.39 Å². The average molecular weight is 239 g/mol. The van der Waals surface area contributed by atoms with Crippen molar-refractivity contribution in [3.63, 3.8) is 0 Å². The van der Waals surface area contributed by atoms with Crippen LogP contribution in [-0.4, -0.2) is 18.6 Å². The fraction of sp³-hybridized carbons (Fsp3) is 0.462. The summed E-state index contributed by atoms with van der Waals surface area (Å²) in [5.74, 6) is -0.536. The first kappa shape index (κ1) is 13.6. The molecule has 4 heteroatoms. The molecular weight excluding hydrogens is 221 g/mol. The largest absolute Gasteiger partial charge is 0.369 e. The molecule has 17 heavy (non-hydrogen) atoms. The minimum Gasteiger partial charge on any atom is -0.369 e. The summed E-state index contributed by atoms with van der Waals surface area (Å²) in [5, 5.41) is 2.78. The molecule has 1 atom stereocenters. The number of hydrogen-bond donors (Lipinski definition) is 1. The molecule has 0 bridgehead atoms. The van der Waals surface area contributed by atoms with Crippen LogP contribution in [0.5, 0.6) is 0 Å². The molecule has 0 spiro atoms. The van der Waals surface area contributed by atoms with Gasteiger partial charge >= 0.3 is 0 Å². The van der Waals surface area contributed by atoms with Crippen molar-refractivity contribution in [1.29, 1.82) is 0 Å². The molecule has 3 nitrogen and oxygen atoms in total. The standard InChI is InChI=1S/C13H18FNO2/c1-9(10-6-5-7-11(14)8-10)15-12(16)13(2,3)17-4/h5-9H,1-4H3,(H,15,16)/t9-/m0/s1. The Bertz CT molecular complexity index is 404. The normalized spacial score (nSPS) is 13.2. The second kappa shape index (κ2) is 5.27. The van der Waals surface area contributed by atoms with Gasteiger partial charge in [-0.05, 0) is 38.5 Å². The molecule has 1 amide bonds. The summed E-state index contributed by atoms with van der Waals surface area (Å²) in [6, 6.07) is 5.91. The van der Waals surface area contributed by atoms with Gasteiger partial charge < -0.3 is 10.1 Å². The summed E-state index contributed by atoms with van der Waals surface area (Å²) in [6.07, 6.45) is 0. The van der Waals surface area contributed by atoms with Crippen LogP contribution in [0.15, 0.2) is 24.3 Å². The number of nitrogens with one attached hydrogen (secondary N) is 1. The van der Waals surface area contributed by atoms with Gasteiger partial charge in [0.15, 0.2) is 0 Å². The number of halogens is 1. The molecule has 0 radical (unpaired) electrons. The van der Waals surface area contributed by atoms with Crippen molar-refractivity contribution < 1.29 is 13.9 Å². The van der Waals surface area contributed by atoms with Gasteiger partial charge in [0.2, 0.25) is 0 Å². The van der Waals surface area contributed by atoms with E-state index in [-0.39, 0.29) is 17.8 Å². The predicted molar refractivity (Wildman–Crippen MR) is 64.0 cm³/mol. The van der Waals surface area contributed by atoms with Crippen molar-refractivity contribution >= 4 is 5.91 Å². The van der Waals surface area contributed by atoms with Crippen LogP contribution >= 0.6 is 0 Å². The molecular formula is C13H18FNO2. The van der Waals surface area contributed by atoms with E-state index >= 15 is 0 Å². The van der Waals surface area contributed by atoms with Crippen molar-refractivity contribution in [3.05, 3.63) is 35.6 Å². The highest BCUT2D eigenvalue weighted by atomic mass is 19.1. The van der Waals surface area contributed by atoms with E-state index in [0.717, 1.165) is 5.56 Å². The van der Waals surface area contributed by atoms with Gasteiger partial charge in [0, 0.05) is 7.11 Å². The lowest BCUT2D eigenvalue weighted by Crippen LogP contribution is -2.44. The Morgan fingerprint density at radius 2 is 2.12 bits per heavy atom. The number of methoxy groups -OCH3 is 1. The molecule has 0 aliphatic carbocycles. The molecule has 1 rings (SSSR count). The molecule has 0 heterocycles. The summed E-state index contributed by atoms with van der Waals surface area (Å²) in [6.45, 7) is 5.17. The molecule has 94 valence electrons. The van der Waals surface area contributed by atoms with Crippen molar-refractivity contribution in [2.24, 2.45) is 0 Å². The van der Waals surface area contributed by atoms with Crippen molar-refractivity contribution in [3.8, 4) is 0 Å². The van der Waals surface area contributed by atoms with E-state index in [2.05, 4.69) is 5.32 Å². The SMILES string of the molecule is COC(C)(C)C(=O)N[C@@H](C)c1cccc(F)c1. The Labute approximate surface area is 101 Å². The molecule has 1 aromatic carbocycles. The van der Waals surface area contributed by atoms with Crippen LogP contribution in [0.1, 0.15) is 32.4 Å². The molecule has 0 saturated carbocycles. The fourth-order valence-electron chi connectivity index (χ4n) is 1.32. The Balaban J connectivity index is 2.73. The Morgan fingerprint density at radius 1 is 1.47 bits per heavy atom. The van der Waals surface area contributed by atoms with Crippen LogP contribution in [0.2, 0.25) is 0 Å². The highest BCUT2D eigenvalue weighted by molar-refractivity contribution is 5.84. The zero-order chi connectivity index (χ0) is 13.1. The maximum atomic E-state index is 13.0. The van der Waals surface area contributed by atoms with E-state index in [1.54, 1.807) is 32.9 Å². The molecule has 1 N–H and O–H groups in total. The molecule has 0 aliphatic rings. The van der Waals surface area contributed by atoms with Gasteiger partial charge in [-0.25, -0.2) is 4.39 Å². The van der Waals surface area contributed by atoms with Crippen LogP contribution < -0.4 is 5.32 Å². The number of benzene rings is 1. The predicted octanol–water partition coefficient (Wildman–Crippen LogP) is 2.43. The zero-order valence-electron chi connectivity index (χ0n) is 10.6. The van der Waals surface area contributed by atoms with Crippen molar-refractivity contribution in [1.82, 2.24) is 5.32 Å². The first-order valence-corrected chi connectivity index (χ1v) is 5.48. The van der Waals surface area contributed by atoms with Gasteiger partial charge in [-0.2, -0.15) is 0 Å². The van der Waals surface area contributed by atoms with E-state index in [4.69, 9.17) is 4.74 Å². The van der Waals surface area contributed by atoms with Gasteiger partial charge in [0.25, 0.3) is 5.91 Å². The molecule has 1 aromatic rings. The summed E-state index contributed by atoms with van der Waals surface area (Å²) in [4.78, 5) is 11.8. The Hall–Kier alpha value is -1.42. The van der Waals surface area contributed by atoms with E-state index in [1.165, 1.54) is 19.2 Å². The van der Waals surface area contributed by atoms with Crippen molar-refractivity contribution in [2.45, 2.75) is 32.4 Å². The highest BCUT2D eigenvalue weighted by Crippen LogP contribution is 2.16. The van der Waals surface area contributed by atoms with Gasteiger partial charge in [-0.15, -0.1) is 0 Å². The highest BCUT2D eigenvalue weighted by Gasteiger charge is 2.28.